The van der Waals surface area contributed by atoms with Crippen molar-refractivity contribution in [1.29, 1.82) is 0 Å². The molecule has 3 aliphatic carbocycles. The van der Waals surface area contributed by atoms with E-state index in [1.54, 1.807) is 0 Å². The average molecular weight is 713 g/mol. The normalized spacial score (nSPS) is 15.4. The Morgan fingerprint density at radius 1 is 0.630 bits per heavy atom. The second kappa shape index (κ2) is 12.1. The topological polar surface area (TPSA) is 8.17 Å². The van der Waals surface area contributed by atoms with Crippen LogP contribution in [0.3, 0.4) is 0 Å². The van der Waals surface area contributed by atoms with Crippen molar-refractivity contribution in [2.45, 2.75) is 44.9 Å². The number of fused-ring (bicyclic) bond motifs is 10. The van der Waals surface area contributed by atoms with Crippen LogP contribution in [-0.4, -0.2) is 4.57 Å². The van der Waals surface area contributed by atoms with Crippen molar-refractivity contribution in [3.05, 3.63) is 179 Å². The van der Waals surface area contributed by atoms with Gasteiger partial charge in [-0.15, -0.1) is 11.3 Å². The smallest absolute Gasteiger partial charge is 0.0562 e. The fourth-order valence-corrected chi connectivity index (χ4v) is 10.8. The second-order valence-electron chi connectivity index (χ2n) is 15.5. The van der Waals surface area contributed by atoms with Gasteiger partial charge in [-0.3, -0.25) is 0 Å². The Balaban J connectivity index is 1.15. The van der Waals surface area contributed by atoms with Crippen molar-refractivity contribution in [2.24, 2.45) is 0 Å². The maximum atomic E-state index is 2.48. The number of aromatic nitrogens is 1. The molecule has 0 bridgehead atoms. The molecule has 0 saturated carbocycles. The number of nitrogens with zero attached hydrogens (tertiary/aromatic N) is 2. The number of allylic oxidation sites excluding steroid dienone is 5. The molecule has 0 amide bonds. The molecule has 0 spiro atoms. The number of rotatable bonds is 5. The largest absolute Gasteiger partial charge is 0.310 e. The van der Waals surface area contributed by atoms with Gasteiger partial charge < -0.3 is 9.47 Å². The van der Waals surface area contributed by atoms with Crippen LogP contribution in [0, 0.1) is 0 Å². The van der Waals surface area contributed by atoms with Crippen molar-refractivity contribution in [1.82, 2.24) is 4.57 Å². The van der Waals surface area contributed by atoms with Crippen molar-refractivity contribution < 1.29 is 0 Å². The molecule has 0 aliphatic heterocycles. The zero-order chi connectivity index (χ0) is 36.0. The van der Waals surface area contributed by atoms with E-state index in [1.165, 1.54) is 87.1 Å². The lowest BCUT2D eigenvalue weighted by molar-refractivity contribution is 0.660. The minimum absolute atomic E-state index is 0.0947. The Hall–Kier alpha value is -5.90. The molecule has 11 rings (SSSR count). The van der Waals surface area contributed by atoms with E-state index < -0.39 is 0 Å². The Morgan fingerprint density at radius 3 is 2.22 bits per heavy atom. The summed E-state index contributed by atoms with van der Waals surface area (Å²) in [5, 5.41) is 4.06. The molecule has 0 atom stereocenters. The highest BCUT2D eigenvalue weighted by Gasteiger charge is 2.36. The van der Waals surface area contributed by atoms with Crippen LogP contribution < -0.4 is 4.90 Å². The third-order valence-corrected chi connectivity index (χ3v) is 13.4. The fraction of sp³-hybridized carbons (Fsp3) is 0.137. The first-order valence-corrected chi connectivity index (χ1v) is 20.1. The molecule has 3 heteroatoms. The summed E-state index contributed by atoms with van der Waals surface area (Å²) < 4.78 is 3.88. The van der Waals surface area contributed by atoms with Crippen LogP contribution in [0.2, 0.25) is 0 Å². The number of hydrogen-bond donors (Lipinski definition) is 0. The van der Waals surface area contributed by atoms with Gasteiger partial charge in [0, 0.05) is 48.5 Å². The fourth-order valence-electron chi connectivity index (χ4n) is 9.46. The minimum atomic E-state index is -0.0947. The van der Waals surface area contributed by atoms with Gasteiger partial charge in [0.05, 0.1) is 11.0 Å². The summed E-state index contributed by atoms with van der Waals surface area (Å²) in [6.07, 6.45) is 15.8. The van der Waals surface area contributed by atoms with E-state index in [0.29, 0.717) is 0 Å². The van der Waals surface area contributed by atoms with Crippen LogP contribution in [-0.2, 0) is 11.8 Å². The van der Waals surface area contributed by atoms with E-state index in [-0.39, 0.29) is 5.41 Å². The summed E-state index contributed by atoms with van der Waals surface area (Å²) in [4.78, 5) is 3.88. The first-order chi connectivity index (χ1) is 26.5. The van der Waals surface area contributed by atoms with Gasteiger partial charge in [-0.2, -0.15) is 0 Å². The van der Waals surface area contributed by atoms with Gasteiger partial charge in [0.25, 0.3) is 0 Å². The monoisotopic (exact) mass is 712 g/mol. The lowest BCUT2D eigenvalue weighted by atomic mass is 9.82. The summed E-state index contributed by atoms with van der Waals surface area (Å²) >= 11 is 1.96. The molecule has 8 aromatic rings. The maximum Gasteiger partial charge on any atom is 0.0562 e. The van der Waals surface area contributed by atoms with Crippen LogP contribution in [0.5, 0.6) is 0 Å². The van der Waals surface area contributed by atoms with Crippen LogP contribution in [0.15, 0.2) is 152 Å². The Labute approximate surface area is 320 Å². The van der Waals surface area contributed by atoms with Gasteiger partial charge in [-0.1, -0.05) is 111 Å². The SMILES string of the molecule is CC1(C)c2ccccc2-c2ccc(N(c3ccc(C4=CC=CCC4)cc3)c3ccc4c5c6sc7c(c6ccc5n(-c5ccccc5)c4c3)CCC=C7)cc21. The third-order valence-electron chi connectivity index (χ3n) is 12.1. The molecular weight excluding hydrogens is 673 g/mol. The Bertz CT molecular complexity index is 2890. The number of thiophene rings is 1. The highest BCUT2D eigenvalue weighted by atomic mass is 32.1. The first kappa shape index (κ1) is 31.6. The lowest BCUT2D eigenvalue weighted by Gasteiger charge is -2.28. The van der Waals surface area contributed by atoms with E-state index in [2.05, 4.69) is 181 Å². The van der Waals surface area contributed by atoms with Gasteiger partial charge in [-0.05, 0) is 131 Å². The lowest BCUT2D eigenvalue weighted by Crippen LogP contribution is -2.16. The van der Waals surface area contributed by atoms with Gasteiger partial charge in [0.2, 0.25) is 0 Å². The van der Waals surface area contributed by atoms with Gasteiger partial charge in [-0.25, -0.2) is 0 Å². The van der Waals surface area contributed by atoms with Crippen LogP contribution in [0.25, 0.3) is 60.4 Å². The van der Waals surface area contributed by atoms with Crippen molar-refractivity contribution in [3.63, 3.8) is 0 Å². The Morgan fingerprint density at radius 2 is 1.37 bits per heavy atom. The highest BCUT2D eigenvalue weighted by Crippen LogP contribution is 2.51. The van der Waals surface area contributed by atoms with Crippen LogP contribution in [0.1, 0.15) is 60.2 Å². The summed E-state index contributed by atoms with van der Waals surface area (Å²) in [5.74, 6) is 0. The number of anilines is 3. The first-order valence-electron chi connectivity index (χ1n) is 19.3. The second-order valence-corrected chi connectivity index (χ2v) is 16.6. The maximum absolute atomic E-state index is 2.48. The van der Waals surface area contributed by atoms with Gasteiger partial charge >= 0.3 is 0 Å². The highest BCUT2D eigenvalue weighted by molar-refractivity contribution is 7.21. The van der Waals surface area contributed by atoms with E-state index in [9.17, 15) is 0 Å². The van der Waals surface area contributed by atoms with E-state index >= 15 is 0 Å². The van der Waals surface area contributed by atoms with Gasteiger partial charge in [0.1, 0.15) is 0 Å². The minimum Gasteiger partial charge on any atom is -0.310 e. The van der Waals surface area contributed by atoms with E-state index in [1.807, 2.05) is 11.3 Å². The number of benzene rings is 6. The predicted octanol–water partition coefficient (Wildman–Crippen LogP) is 14.5. The van der Waals surface area contributed by atoms with Crippen LogP contribution >= 0.6 is 11.3 Å². The molecule has 2 nitrogen and oxygen atoms in total. The predicted molar refractivity (Wildman–Crippen MR) is 232 cm³/mol. The van der Waals surface area contributed by atoms with Gasteiger partial charge in [0.15, 0.2) is 0 Å². The van der Waals surface area contributed by atoms with Crippen molar-refractivity contribution in [3.8, 4) is 16.8 Å². The molecule has 2 heterocycles. The Kier molecular flexibility index (Phi) is 7.06. The van der Waals surface area contributed by atoms with E-state index in [4.69, 9.17) is 0 Å². The van der Waals surface area contributed by atoms with Crippen molar-refractivity contribution >= 4 is 71.9 Å². The standard InChI is InChI=1S/C51H40N2S/c1-51(2)44-19-11-9-17-39(44)40-27-25-37(31-45(40)51)52(36-23-21-34(22-24-36)33-13-5-3-6-14-33)38-26-28-43-47(32-38)53(35-15-7-4-8-16-35)46-30-29-42-41-18-10-12-20-48(41)54-50(42)49(43)46/h3-5,7-9,11-13,15-17,19-32H,6,10,14,18H2,1-2H3. The molecule has 0 radical (unpaired) electrons. The molecule has 3 aliphatic rings. The summed E-state index contributed by atoms with van der Waals surface area (Å²) in [6.45, 7) is 4.74. The molecule has 0 N–H and O–H groups in total. The number of aryl methyl sites for hydroxylation is 1. The summed E-state index contributed by atoms with van der Waals surface area (Å²) in [5.41, 5.74) is 16.7. The molecule has 260 valence electrons. The molecular formula is C51H40N2S. The number of para-hydroxylation sites is 1. The zero-order valence-electron chi connectivity index (χ0n) is 30.6. The average Bonchev–Trinajstić information content (AvgIpc) is 3.84. The van der Waals surface area contributed by atoms with Crippen molar-refractivity contribution in [2.75, 3.05) is 4.90 Å². The number of hydrogen-bond acceptors (Lipinski definition) is 2. The zero-order valence-corrected chi connectivity index (χ0v) is 31.5. The third kappa shape index (κ3) is 4.71. The molecule has 0 saturated heterocycles. The molecule has 54 heavy (non-hydrogen) atoms. The molecule has 0 unspecified atom stereocenters. The summed E-state index contributed by atoms with van der Waals surface area (Å²) in [7, 11) is 0. The molecule has 2 aromatic heterocycles. The van der Waals surface area contributed by atoms with Crippen LogP contribution in [0.4, 0.5) is 17.1 Å². The molecule has 6 aromatic carbocycles. The quantitative estimate of drug-likeness (QED) is 0.172. The van der Waals surface area contributed by atoms with E-state index in [0.717, 1.165) is 37.1 Å². The molecule has 0 fully saturated rings. The summed E-state index contributed by atoms with van der Waals surface area (Å²) in [6, 6.07) is 48.1.